The van der Waals surface area contributed by atoms with Crippen LogP contribution in [0.3, 0.4) is 0 Å². The minimum absolute atomic E-state index is 0.355. The van der Waals surface area contributed by atoms with Crippen LogP contribution in [0.5, 0.6) is 0 Å². The maximum Gasteiger partial charge on any atom is 0.424 e. The number of furan rings is 1. The third-order valence-electron chi connectivity index (χ3n) is 3.05. The molecular formula is C13H13F3O2. The summed E-state index contributed by atoms with van der Waals surface area (Å²) in [7, 11) is 0. The van der Waals surface area contributed by atoms with E-state index in [1.165, 1.54) is 0 Å². The molecule has 0 saturated carbocycles. The third-order valence-corrected chi connectivity index (χ3v) is 3.05. The summed E-state index contributed by atoms with van der Waals surface area (Å²) < 4.78 is 43.8. The largest absolute Gasteiger partial charge is 0.457 e. The zero-order valence-electron chi connectivity index (χ0n) is 10.0. The molecule has 1 unspecified atom stereocenters. The fourth-order valence-electron chi connectivity index (χ4n) is 1.97. The molecule has 0 aliphatic rings. The Hall–Kier alpha value is -1.49. The molecule has 5 heteroatoms. The molecule has 1 N–H and O–H groups in total. The molecule has 1 aromatic heterocycles. The molecular weight excluding hydrogens is 245 g/mol. The van der Waals surface area contributed by atoms with Gasteiger partial charge in [-0.05, 0) is 19.4 Å². The van der Waals surface area contributed by atoms with Crippen LogP contribution in [-0.4, -0.2) is 11.3 Å². The Kier molecular flexibility index (Phi) is 2.89. The molecule has 1 atom stereocenters. The van der Waals surface area contributed by atoms with Crippen LogP contribution in [0.25, 0.3) is 11.0 Å². The Bertz CT molecular complexity index is 567. The lowest BCUT2D eigenvalue weighted by Gasteiger charge is -2.25. The summed E-state index contributed by atoms with van der Waals surface area (Å²) in [6, 6.07) is 6.68. The molecule has 0 bridgehead atoms. The van der Waals surface area contributed by atoms with Crippen LogP contribution in [0.4, 0.5) is 13.2 Å². The molecule has 2 nitrogen and oxygen atoms in total. The van der Waals surface area contributed by atoms with Gasteiger partial charge in [0.1, 0.15) is 11.3 Å². The number of para-hydroxylation sites is 1. The van der Waals surface area contributed by atoms with E-state index in [0.29, 0.717) is 29.9 Å². The van der Waals surface area contributed by atoms with Gasteiger partial charge >= 0.3 is 6.18 Å². The molecule has 0 aliphatic carbocycles. The van der Waals surface area contributed by atoms with Crippen molar-refractivity contribution in [1.82, 2.24) is 0 Å². The maximum absolute atomic E-state index is 12.9. The first-order valence-electron chi connectivity index (χ1n) is 5.59. The summed E-state index contributed by atoms with van der Waals surface area (Å²) in [5.41, 5.74) is -2.22. The zero-order chi connectivity index (χ0) is 13.6. The third kappa shape index (κ3) is 1.79. The number of rotatable bonds is 2. The lowest BCUT2D eigenvalue weighted by atomic mass is 9.96. The van der Waals surface area contributed by atoms with Crippen molar-refractivity contribution < 1.29 is 22.7 Å². The number of aryl methyl sites for hydroxylation is 1. The summed E-state index contributed by atoms with van der Waals surface area (Å²) in [6.07, 6.45) is -4.41. The van der Waals surface area contributed by atoms with Gasteiger partial charge in [-0.25, -0.2) is 0 Å². The number of hydrogen-bond donors (Lipinski definition) is 1. The Morgan fingerprint density at radius 2 is 1.83 bits per heavy atom. The van der Waals surface area contributed by atoms with Gasteiger partial charge in [0.2, 0.25) is 5.60 Å². The van der Waals surface area contributed by atoms with Gasteiger partial charge in [-0.3, -0.25) is 0 Å². The second-order valence-electron chi connectivity index (χ2n) is 4.33. The van der Waals surface area contributed by atoms with E-state index in [0.717, 1.165) is 0 Å². The highest BCUT2D eigenvalue weighted by Crippen LogP contribution is 2.43. The lowest BCUT2D eigenvalue weighted by Crippen LogP contribution is -2.39. The molecule has 0 amide bonds. The highest BCUT2D eigenvalue weighted by molar-refractivity contribution is 5.82. The topological polar surface area (TPSA) is 33.4 Å². The van der Waals surface area contributed by atoms with E-state index in [1.54, 1.807) is 31.2 Å². The smallest absolute Gasteiger partial charge is 0.424 e. The highest BCUT2D eigenvalue weighted by atomic mass is 19.4. The summed E-state index contributed by atoms with van der Waals surface area (Å²) in [5, 5.41) is 10.3. The number of alkyl halides is 3. The number of hydrogen-bond acceptors (Lipinski definition) is 2. The average Bonchev–Trinajstić information content (AvgIpc) is 2.66. The van der Waals surface area contributed by atoms with Crippen LogP contribution in [0.15, 0.2) is 28.7 Å². The predicted octanol–water partition coefficient (Wildman–Crippen LogP) is 3.77. The van der Waals surface area contributed by atoms with Gasteiger partial charge in [0.05, 0.1) is 0 Å². The van der Waals surface area contributed by atoms with Crippen LogP contribution in [0.1, 0.15) is 25.2 Å². The summed E-state index contributed by atoms with van der Waals surface area (Å²) >= 11 is 0. The predicted molar refractivity (Wildman–Crippen MR) is 61.2 cm³/mol. The highest BCUT2D eigenvalue weighted by Gasteiger charge is 2.54. The number of halogens is 3. The van der Waals surface area contributed by atoms with Gasteiger partial charge in [-0.2, -0.15) is 13.2 Å². The number of aliphatic hydroxyl groups is 1. The van der Waals surface area contributed by atoms with Gasteiger partial charge in [-0.15, -0.1) is 0 Å². The minimum atomic E-state index is -4.77. The van der Waals surface area contributed by atoms with E-state index in [-0.39, 0.29) is 0 Å². The molecule has 1 heterocycles. The summed E-state index contributed by atoms with van der Waals surface area (Å²) in [6.45, 7) is 2.44. The standard InChI is InChI=1S/C13H13F3O2/c1-3-8-9-6-4-5-7-10(9)18-11(8)12(2,17)13(14,15)16/h4-7,17H,3H2,1-2H3. The molecule has 2 rings (SSSR count). The van der Waals surface area contributed by atoms with Crippen molar-refractivity contribution in [1.29, 1.82) is 0 Å². The fraction of sp³-hybridized carbons (Fsp3) is 0.385. The Morgan fingerprint density at radius 1 is 1.22 bits per heavy atom. The quantitative estimate of drug-likeness (QED) is 0.889. The maximum atomic E-state index is 12.9. The normalized spacial score (nSPS) is 15.9. The van der Waals surface area contributed by atoms with E-state index in [2.05, 4.69) is 0 Å². The second kappa shape index (κ2) is 4.02. The summed E-state index contributed by atoms with van der Waals surface area (Å²) in [4.78, 5) is 0. The van der Waals surface area contributed by atoms with Crippen molar-refractivity contribution in [2.75, 3.05) is 0 Å². The first-order chi connectivity index (χ1) is 8.29. The molecule has 0 aliphatic heterocycles. The van der Waals surface area contributed by atoms with Crippen molar-refractivity contribution in [3.05, 3.63) is 35.6 Å². The van der Waals surface area contributed by atoms with E-state index >= 15 is 0 Å². The Balaban J connectivity index is 2.72. The van der Waals surface area contributed by atoms with E-state index in [9.17, 15) is 18.3 Å². The number of fused-ring (bicyclic) bond motifs is 1. The van der Waals surface area contributed by atoms with Crippen molar-refractivity contribution >= 4 is 11.0 Å². The lowest BCUT2D eigenvalue weighted by molar-refractivity contribution is -0.264. The molecule has 0 saturated heterocycles. The Labute approximate surface area is 102 Å². The SMILES string of the molecule is CCc1c(C(C)(O)C(F)(F)F)oc2ccccc12. The fourth-order valence-corrected chi connectivity index (χ4v) is 1.97. The zero-order valence-corrected chi connectivity index (χ0v) is 10.0. The summed E-state index contributed by atoms with van der Waals surface area (Å²) in [5.74, 6) is -0.418. The monoisotopic (exact) mass is 258 g/mol. The van der Waals surface area contributed by atoms with E-state index in [1.807, 2.05) is 0 Å². The number of benzene rings is 1. The van der Waals surface area contributed by atoms with Crippen molar-refractivity contribution in [3.8, 4) is 0 Å². The van der Waals surface area contributed by atoms with Crippen LogP contribution < -0.4 is 0 Å². The minimum Gasteiger partial charge on any atom is -0.457 e. The van der Waals surface area contributed by atoms with Gasteiger partial charge in [0.25, 0.3) is 0 Å². The second-order valence-corrected chi connectivity index (χ2v) is 4.33. The molecule has 0 fully saturated rings. The molecule has 18 heavy (non-hydrogen) atoms. The molecule has 1 aromatic carbocycles. The first kappa shape index (κ1) is 13.0. The van der Waals surface area contributed by atoms with Gasteiger partial charge < -0.3 is 9.52 Å². The van der Waals surface area contributed by atoms with E-state index < -0.39 is 17.5 Å². The molecule has 0 radical (unpaired) electrons. The molecule has 0 spiro atoms. The Morgan fingerprint density at radius 3 is 2.39 bits per heavy atom. The van der Waals surface area contributed by atoms with Crippen LogP contribution >= 0.6 is 0 Å². The van der Waals surface area contributed by atoms with Crippen LogP contribution in [0, 0.1) is 0 Å². The van der Waals surface area contributed by atoms with E-state index in [4.69, 9.17) is 4.42 Å². The van der Waals surface area contributed by atoms with Crippen molar-refractivity contribution in [3.63, 3.8) is 0 Å². The molecule has 98 valence electrons. The van der Waals surface area contributed by atoms with Gasteiger partial charge in [-0.1, -0.05) is 25.1 Å². The van der Waals surface area contributed by atoms with Crippen molar-refractivity contribution in [2.45, 2.75) is 32.0 Å². The van der Waals surface area contributed by atoms with Crippen LogP contribution in [-0.2, 0) is 12.0 Å². The van der Waals surface area contributed by atoms with Gasteiger partial charge in [0, 0.05) is 10.9 Å². The van der Waals surface area contributed by atoms with Crippen LogP contribution in [0.2, 0.25) is 0 Å². The first-order valence-corrected chi connectivity index (χ1v) is 5.59. The molecule has 2 aromatic rings. The average molecular weight is 258 g/mol. The van der Waals surface area contributed by atoms with Crippen molar-refractivity contribution in [2.24, 2.45) is 0 Å². The van der Waals surface area contributed by atoms with Gasteiger partial charge in [0.15, 0.2) is 0 Å².